The van der Waals surface area contributed by atoms with Crippen LogP contribution in [0.5, 0.6) is 5.75 Å². The maximum absolute atomic E-state index is 13.4. The Labute approximate surface area is 126 Å². The van der Waals surface area contributed by atoms with Crippen LogP contribution in [0, 0.1) is 11.6 Å². The van der Waals surface area contributed by atoms with Gasteiger partial charge in [-0.1, -0.05) is 24.3 Å². The molecule has 114 valence electrons. The van der Waals surface area contributed by atoms with Crippen molar-refractivity contribution in [3.8, 4) is 5.75 Å². The molecule has 0 aromatic heterocycles. The number of carbonyl (C=O) groups excluding carboxylic acids is 1. The zero-order valence-electron chi connectivity index (χ0n) is 11.8. The van der Waals surface area contributed by atoms with Gasteiger partial charge in [-0.3, -0.25) is 4.79 Å². The van der Waals surface area contributed by atoms with Crippen LogP contribution in [0.2, 0.25) is 0 Å². The summed E-state index contributed by atoms with van der Waals surface area (Å²) in [6.07, 6.45) is 1.18. The minimum absolute atomic E-state index is 0.0373. The SMILES string of the molecule is COc1ccc(CC(=O)N/N=C/c2cccc(F)c2F)cc1. The van der Waals surface area contributed by atoms with E-state index in [2.05, 4.69) is 10.5 Å². The molecule has 6 heteroatoms. The number of nitrogens with one attached hydrogen (secondary N) is 1. The first-order valence-corrected chi connectivity index (χ1v) is 6.49. The summed E-state index contributed by atoms with van der Waals surface area (Å²) in [7, 11) is 1.56. The Hall–Kier alpha value is -2.76. The van der Waals surface area contributed by atoms with Crippen molar-refractivity contribution in [3.63, 3.8) is 0 Å². The van der Waals surface area contributed by atoms with Gasteiger partial charge in [0, 0.05) is 5.56 Å². The first-order chi connectivity index (χ1) is 10.6. The molecule has 0 aliphatic carbocycles. The molecule has 2 rings (SSSR count). The molecule has 1 amide bonds. The normalized spacial score (nSPS) is 10.7. The van der Waals surface area contributed by atoms with Gasteiger partial charge in [0.15, 0.2) is 11.6 Å². The van der Waals surface area contributed by atoms with Gasteiger partial charge >= 0.3 is 0 Å². The zero-order chi connectivity index (χ0) is 15.9. The van der Waals surface area contributed by atoms with Crippen molar-refractivity contribution in [2.24, 2.45) is 5.10 Å². The van der Waals surface area contributed by atoms with Crippen LogP contribution >= 0.6 is 0 Å². The summed E-state index contributed by atoms with van der Waals surface area (Å²) < 4.78 is 31.4. The van der Waals surface area contributed by atoms with Crippen molar-refractivity contribution in [1.29, 1.82) is 0 Å². The van der Waals surface area contributed by atoms with E-state index in [1.54, 1.807) is 31.4 Å². The number of hydrazone groups is 1. The van der Waals surface area contributed by atoms with Crippen LogP contribution in [-0.4, -0.2) is 19.2 Å². The average Bonchev–Trinajstić information content (AvgIpc) is 2.52. The first kappa shape index (κ1) is 15.6. The second-order valence-corrected chi connectivity index (χ2v) is 4.46. The highest BCUT2D eigenvalue weighted by molar-refractivity contribution is 5.83. The fourth-order valence-electron chi connectivity index (χ4n) is 1.76. The minimum atomic E-state index is -1.00. The van der Waals surface area contributed by atoms with Gasteiger partial charge < -0.3 is 4.74 Å². The number of hydrogen-bond donors (Lipinski definition) is 1. The number of hydrogen-bond acceptors (Lipinski definition) is 3. The van der Waals surface area contributed by atoms with Crippen LogP contribution in [0.3, 0.4) is 0 Å². The van der Waals surface area contributed by atoms with Crippen LogP contribution in [0.15, 0.2) is 47.6 Å². The molecule has 0 bridgehead atoms. The summed E-state index contributed by atoms with van der Waals surface area (Å²) in [6, 6.07) is 10.7. The number of benzene rings is 2. The second-order valence-electron chi connectivity index (χ2n) is 4.46. The highest BCUT2D eigenvalue weighted by atomic mass is 19.2. The molecule has 0 unspecified atom stereocenters. The smallest absolute Gasteiger partial charge is 0.244 e. The monoisotopic (exact) mass is 304 g/mol. The predicted molar refractivity (Wildman–Crippen MR) is 78.8 cm³/mol. The van der Waals surface area contributed by atoms with Gasteiger partial charge in [-0.05, 0) is 23.8 Å². The molecule has 2 aromatic rings. The number of halogens is 2. The third kappa shape index (κ3) is 4.12. The molecule has 0 aliphatic rings. The summed E-state index contributed by atoms with van der Waals surface area (Å²) in [4.78, 5) is 11.7. The molecule has 0 spiro atoms. The lowest BCUT2D eigenvalue weighted by atomic mass is 10.1. The zero-order valence-corrected chi connectivity index (χ0v) is 11.8. The first-order valence-electron chi connectivity index (χ1n) is 6.49. The van der Waals surface area contributed by atoms with E-state index in [-0.39, 0.29) is 17.9 Å². The standard InChI is InChI=1S/C16H14F2N2O2/c1-22-13-7-5-11(6-8-13)9-15(21)20-19-10-12-3-2-4-14(17)16(12)18/h2-8,10H,9H2,1H3,(H,20,21)/b19-10+. The molecule has 22 heavy (non-hydrogen) atoms. The fourth-order valence-corrected chi connectivity index (χ4v) is 1.76. The maximum atomic E-state index is 13.4. The number of amides is 1. The summed E-state index contributed by atoms with van der Waals surface area (Å²) in [6.45, 7) is 0. The van der Waals surface area contributed by atoms with Crippen molar-refractivity contribution in [2.75, 3.05) is 7.11 Å². The van der Waals surface area contributed by atoms with Crippen LogP contribution in [0.1, 0.15) is 11.1 Å². The van der Waals surface area contributed by atoms with Gasteiger partial charge in [0.05, 0.1) is 19.7 Å². The second kappa shape index (κ2) is 7.31. The molecule has 1 N–H and O–H groups in total. The van der Waals surface area contributed by atoms with Crippen LogP contribution < -0.4 is 10.2 Å². The number of nitrogens with zero attached hydrogens (tertiary/aromatic N) is 1. The van der Waals surface area contributed by atoms with Crippen molar-refractivity contribution in [1.82, 2.24) is 5.43 Å². The Balaban J connectivity index is 1.91. The molecular weight excluding hydrogens is 290 g/mol. The van der Waals surface area contributed by atoms with Crippen LogP contribution in [-0.2, 0) is 11.2 Å². The molecular formula is C16H14F2N2O2. The highest BCUT2D eigenvalue weighted by Gasteiger charge is 2.06. The molecule has 2 aromatic carbocycles. The van der Waals surface area contributed by atoms with Crippen LogP contribution in [0.4, 0.5) is 8.78 Å². The van der Waals surface area contributed by atoms with Crippen molar-refractivity contribution in [2.45, 2.75) is 6.42 Å². The third-order valence-corrected chi connectivity index (χ3v) is 2.90. The van der Waals surface area contributed by atoms with E-state index < -0.39 is 11.6 Å². The molecule has 0 saturated carbocycles. The highest BCUT2D eigenvalue weighted by Crippen LogP contribution is 2.11. The van der Waals surface area contributed by atoms with E-state index in [1.807, 2.05) is 0 Å². The minimum Gasteiger partial charge on any atom is -0.497 e. The summed E-state index contributed by atoms with van der Waals surface area (Å²) in [5.74, 6) is -1.63. The van der Waals surface area contributed by atoms with Crippen LogP contribution in [0.25, 0.3) is 0 Å². The van der Waals surface area contributed by atoms with Gasteiger partial charge in [-0.2, -0.15) is 5.10 Å². The van der Waals surface area contributed by atoms with E-state index in [0.29, 0.717) is 5.75 Å². The predicted octanol–water partition coefficient (Wildman–Crippen LogP) is 2.67. The van der Waals surface area contributed by atoms with E-state index in [0.717, 1.165) is 17.8 Å². The number of ether oxygens (including phenoxy) is 1. The summed E-state index contributed by atoms with van der Waals surface area (Å²) in [5.41, 5.74) is 3.01. The Morgan fingerprint density at radius 2 is 1.95 bits per heavy atom. The molecule has 0 aliphatic heterocycles. The Morgan fingerprint density at radius 3 is 2.64 bits per heavy atom. The number of carbonyl (C=O) groups is 1. The van der Waals surface area contributed by atoms with Gasteiger partial charge in [0.1, 0.15) is 5.75 Å². The van der Waals surface area contributed by atoms with E-state index >= 15 is 0 Å². The molecule has 0 fully saturated rings. The molecule has 0 heterocycles. The van der Waals surface area contributed by atoms with Crippen molar-refractivity contribution < 1.29 is 18.3 Å². The lowest BCUT2D eigenvalue weighted by molar-refractivity contribution is -0.120. The van der Waals surface area contributed by atoms with Gasteiger partial charge in [-0.25, -0.2) is 14.2 Å². The van der Waals surface area contributed by atoms with Gasteiger partial charge in [-0.15, -0.1) is 0 Å². The molecule has 0 radical (unpaired) electrons. The van der Waals surface area contributed by atoms with Gasteiger partial charge in [0.25, 0.3) is 0 Å². The third-order valence-electron chi connectivity index (χ3n) is 2.90. The lowest BCUT2D eigenvalue weighted by Crippen LogP contribution is -2.19. The number of methoxy groups -OCH3 is 1. The van der Waals surface area contributed by atoms with Crippen molar-refractivity contribution in [3.05, 3.63) is 65.2 Å². The molecule has 4 nitrogen and oxygen atoms in total. The topological polar surface area (TPSA) is 50.7 Å². The van der Waals surface area contributed by atoms with E-state index in [1.165, 1.54) is 12.1 Å². The largest absolute Gasteiger partial charge is 0.497 e. The fraction of sp³-hybridized carbons (Fsp3) is 0.125. The Morgan fingerprint density at radius 1 is 1.23 bits per heavy atom. The molecule has 0 atom stereocenters. The Kier molecular flexibility index (Phi) is 5.19. The van der Waals surface area contributed by atoms with Crippen molar-refractivity contribution >= 4 is 12.1 Å². The molecule has 0 saturated heterocycles. The lowest BCUT2D eigenvalue weighted by Gasteiger charge is -2.03. The summed E-state index contributed by atoms with van der Waals surface area (Å²) in [5, 5.41) is 3.62. The maximum Gasteiger partial charge on any atom is 0.244 e. The summed E-state index contributed by atoms with van der Waals surface area (Å²) >= 11 is 0. The van der Waals surface area contributed by atoms with E-state index in [4.69, 9.17) is 4.74 Å². The van der Waals surface area contributed by atoms with Gasteiger partial charge in [0.2, 0.25) is 5.91 Å². The number of rotatable bonds is 5. The Bertz CT molecular complexity index is 685. The average molecular weight is 304 g/mol. The van der Waals surface area contributed by atoms with E-state index in [9.17, 15) is 13.6 Å². The quantitative estimate of drug-likeness (QED) is 0.682.